The molecule has 2 N–H and O–H groups in total. The molecule has 3 nitrogen and oxygen atoms in total. The number of rotatable bonds is 1. The molecule has 1 aliphatic rings. The van der Waals surface area contributed by atoms with Gasteiger partial charge in [-0.25, -0.2) is 0 Å². The molecule has 0 radical (unpaired) electrons. The van der Waals surface area contributed by atoms with E-state index in [0.717, 1.165) is 13.0 Å². The molecule has 1 aliphatic heterocycles. The van der Waals surface area contributed by atoms with Gasteiger partial charge in [-0.1, -0.05) is 23.8 Å². The van der Waals surface area contributed by atoms with E-state index in [-0.39, 0.29) is 5.91 Å². The van der Waals surface area contributed by atoms with E-state index in [1.54, 1.807) is 23.1 Å². The fraction of sp³-hybridized carbons (Fsp3) is 0.250. The second-order valence-electron chi connectivity index (χ2n) is 3.75. The molecular weight excluding hydrogens is 224 g/mol. The number of hydrogen-bond donors (Lipinski definition) is 1. The van der Waals surface area contributed by atoms with Crippen LogP contribution in [0.15, 0.2) is 30.4 Å². The number of nitrogens with zero attached hydrogens (tertiary/aromatic N) is 1. The molecule has 0 aliphatic carbocycles. The normalized spacial score (nSPS) is 15.2. The first-order valence-corrected chi connectivity index (χ1v) is 5.55. The number of carbonyl (C=O) groups is 1. The summed E-state index contributed by atoms with van der Waals surface area (Å²) in [6.07, 6.45) is 4.96. The minimum absolute atomic E-state index is 0.0540. The van der Waals surface area contributed by atoms with Gasteiger partial charge in [0.05, 0.1) is 10.6 Å². The number of carbonyl (C=O) groups excluding carboxylic acids is 1. The van der Waals surface area contributed by atoms with Crippen LogP contribution in [-0.4, -0.2) is 23.9 Å². The monoisotopic (exact) mass is 236 g/mol. The fourth-order valence-electron chi connectivity index (χ4n) is 1.70. The molecule has 84 valence electrons. The lowest BCUT2D eigenvalue weighted by Gasteiger charge is -2.23. The van der Waals surface area contributed by atoms with E-state index in [1.165, 1.54) is 0 Å². The lowest BCUT2D eigenvalue weighted by atomic mass is 10.1. The molecule has 4 heteroatoms. The van der Waals surface area contributed by atoms with Gasteiger partial charge in [0.25, 0.3) is 5.91 Å². The number of amides is 1. The zero-order valence-electron chi connectivity index (χ0n) is 8.82. The molecule has 0 spiro atoms. The van der Waals surface area contributed by atoms with Crippen molar-refractivity contribution in [1.82, 2.24) is 4.90 Å². The highest BCUT2D eigenvalue weighted by Crippen LogP contribution is 2.21. The van der Waals surface area contributed by atoms with Crippen molar-refractivity contribution in [3.8, 4) is 0 Å². The first kappa shape index (κ1) is 11.0. The molecule has 1 amide bonds. The Kier molecular flexibility index (Phi) is 3.15. The molecule has 0 bridgehead atoms. The zero-order valence-corrected chi connectivity index (χ0v) is 9.57. The van der Waals surface area contributed by atoms with E-state index in [1.807, 2.05) is 6.08 Å². The topological polar surface area (TPSA) is 46.3 Å². The molecular formula is C12H13ClN2O. The van der Waals surface area contributed by atoms with Gasteiger partial charge in [-0.3, -0.25) is 4.79 Å². The fourth-order valence-corrected chi connectivity index (χ4v) is 1.90. The van der Waals surface area contributed by atoms with Crippen LogP contribution in [0.4, 0.5) is 5.69 Å². The summed E-state index contributed by atoms with van der Waals surface area (Å²) in [5, 5.41) is 0.453. The van der Waals surface area contributed by atoms with E-state index >= 15 is 0 Å². The maximum atomic E-state index is 12.1. The van der Waals surface area contributed by atoms with Crippen LogP contribution in [0.3, 0.4) is 0 Å². The molecule has 0 unspecified atom stereocenters. The minimum atomic E-state index is -0.0540. The van der Waals surface area contributed by atoms with Gasteiger partial charge in [-0.2, -0.15) is 0 Å². The molecule has 1 heterocycles. The molecule has 0 saturated heterocycles. The van der Waals surface area contributed by atoms with Gasteiger partial charge < -0.3 is 10.6 Å². The van der Waals surface area contributed by atoms with Crippen LogP contribution in [0.25, 0.3) is 0 Å². The SMILES string of the molecule is Nc1ccc(Cl)c(C(=O)N2CC=CCC2)c1. The number of halogens is 1. The molecule has 2 rings (SSSR count). The first-order valence-electron chi connectivity index (χ1n) is 5.18. The van der Waals surface area contributed by atoms with Crippen LogP contribution >= 0.6 is 11.6 Å². The number of nitrogens with two attached hydrogens (primary N) is 1. The van der Waals surface area contributed by atoms with Crippen molar-refractivity contribution in [2.45, 2.75) is 6.42 Å². The number of anilines is 1. The number of hydrogen-bond acceptors (Lipinski definition) is 2. The van der Waals surface area contributed by atoms with Crippen LogP contribution in [-0.2, 0) is 0 Å². The van der Waals surface area contributed by atoms with Crippen LogP contribution < -0.4 is 5.73 Å². The molecule has 0 saturated carbocycles. The summed E-state index contributed by atoms with van der Waals surface area (Å²) in [7, 11) is 0. The van der Waals surface area contributed by atoms with Crippen molar-refractivity contribution in [3.05, 3.63) is 40.9 Å². The Balaban J connectivity index is 2.26. The van der Waals surface area contributed by atoms with E-state index in [0.29, 0.717) is 22.8 Å². The van der Waals surface area contributed by atoms with Crippen LogP contribution in [0.2, 0.25) is 5.02 Å². The summed E-state index contributed by atoms with van der Waals surface area (Å²) < 4.78 is 0. The molecule has 1 aromatic carbocycles. The lowest BCUT2D eigenvalue weighted by molar-refractivity contribution is 0.0771. The van der Waals surface area contributed by atoms with Crippen molar-refractivity contribution in [2.24, 2.45) is 0 Å². The van der Waals surface area contributed by atoms with Crippen LogP contribution in [0, 0.1) is 0 Å². The van der Waals surface area contributed by atoms with E-state index in [9.17, 15) is 4.79 Å². The number of nitrogen functional groups attached to an aromatic ring is 1. The third-order valence-corrected chi connectivity index (χ3v) is 2.90. The zero-order chi connectivity index (χ0) is 11.5. The van der Waals surface area contributed by atoms with Gasteiger partial charge >= 0.3 is 0 Å². The van der Waals surface area contributed by atoms with E-state index in [4.69, 9.17) is 17.3 Å². The van der Waals surface area contributed by atoms with Gasteiger partial charge in [0.15, 0.2) is 0 Å². The average molecular weight is 237 g/mol. The third kappa shape index (κ3) is 2.19. The maximum absolute atomic E-state index is 12.1. The van der Waals surface area contributed by atoms with Crippen LogP contribution in [0.1, 0.15) is 16.8 Å². The second kappa shape index (κ2) is 4.58. The molecule has 0 aromatic heterocycles. The van der Waals surface area contributed by atoms with Crippen molar-refractivity contribution >= 4 is 23.2 Å². The predicted octanol–water partition coefficient (Wildman–Crippen LogP) is 2.32. The van der Waals surface area contributed by atoms with Gasteiger partial charge in [0, 0.05) is 18.8 Å². The second-order valence-corrected chi connectivity index (χ2v) is 4.16. The maximum Gasteiger partial charge on any atom is 0.255 e. The van der Waals surface area contributed by atoms with E-state index < -0.39 is 0 Å². The van der Waals surface area contributed by atoms with Gasteiger partial charge in [-0.05, 0) is 24.6 Å². The van der Waals surface area contributed by atoms with Crippen molar-refractivity contribution in [3.63, 3.8) is 0 Å². The molecule has 0 fully saturated rings. The highest BCUT2D eigenvalue weighted by molar-refractivity contribution is 6.34. The standard InChI is InChI=1S/C12H13ClN2O/c13-11-5-4-9(14)8-10(11)12(16)15-6-2-1-3-7-15/h1-2,4-5,8H,3,6-7,14H2. The quantitative estimate of drug-likeness (QED) is 0.601. The van der Waals surface area contributed by atoms with Crippen molar-refractivity contribution < 1.29 is 4.79 Å². The Morgan fingerprint density at radius 2 is 2.19 bits per heavy atom. The average Bonchev–Trinajstić information content (AvgIpc) is 2.32. The minimum Gasteiger partial charge on any atom is -0.399 e. The largest absolute Gasteiger partial charge is 0.399 e. The predicted molar refractivity (Wildman–Crippen MR) is 65.5 cm³/mol. The summed E-state index contributed by atoms with van der Waals surface area (Å²) in [5.41, 5.74) is 6.69. The van der Waals surface area contributed by atoms with Gasteiger partial charge in [0.1, 0.15) is 0 Å². The molecule has 1 aromatic rings. The Morgan fingerprint density at radius 1 is 1.38 bits per heavy atom. The summed E-state index contributed by atoms with van der Waals surface area (Å²) in [5.74, 6) is -0.0540. The van der Waals surface area contributed by atoms with Gasteiger partial charge in [-0.15, -0.1) is 0 Å². The van der Waals surface area contributed by atoms with Crippen LogP contribution in [0.5, 0.6) is 0 Å². The van der Waals surface area contributed by atoms with E-state index in [2.05, 4.69) is 6.08 Å². The highest BCUT2D eigenvalue weighted by atomic mass is 35.5. The smallest absolute Gasteiger partial charge is 0.255 e. The van der Waals surface area contributed by atoms with Gasteiger partial charge in [0.2, 0.25) is 0 Å². The third-order valence-electron chi connectivity index (χ3n) is 2.57. The Bertz CT molecular complexity index is 443. The highest BCUT2D eigenvalue weighted by Gasteiger charge is 2.18. The Morgan fingerprint density at radius 3 is 2.88 bits per heavy atom. The first-order chi connectivity index (χ1) is 7.68. The summed E-state index contributed by atoms with van der Waals surface area (Å²) in [6, 6.07) is 4.97. The molecule has 16 heavy (non-hydrogen) atoms. The Labute approximate surface area is 99.5 Å². The lowest BCUT2D eigenvalue weighted by Crippen LogP contribution is -2.33. The summed E-state index contributed by atoms with van der Waals surface area (Å²) >= 11 is 5.99. The Hall–Kier alpha value is -1.48. The summed E-state index contributed by atoms with van der Waals surface area (Å²) in [4.78, 5) is 13.9. The van der Waals surface area contributed by atoms with Crippen molar-refractivity contribution in [1.29, 1.82) is 0 Å². The summed E-state index contributed by atoms with van der Waals surface area (Å²) in [6.45, 7) is 1.38. The number of benzene rings is 1. The van der Waals surface area contributed by atoms with Crippen molar-refractivity contribution in [2.75, 3.05) is 18.8 Å². The molecule has 0 atom stereocenters.